The minimum Gasteiger partial charge on any atom is -0.449 e. The zero-order valence-electron chi connectivity index (χ0n) is 16.1. The summed E-state index contributed by atoms with van der Waals surface area (Å²) in [6.45, 7) is 1.54. The third-order valence-corrected chi connectivity index (χ3v) is 6.72. The summed E-state index contributed by atoms with van der Waals surface area (Å²) in [7, 11) is -3.90. The van der Waals surface area contributed by atoms with Crippen molar-refractivity contribution in [2.24, 2.45) is 0 Å². The summed E-state index contributed by atoms with van der Waals surface area (Å²) in [4.78, 5) is 20.6. The van der Waals surface area contributed by atoms with Crippen LogP contribution in [0, 0.1) is 0 Å². The van der Waals surface area contributed by atoms with Gasteiger partial charge in [-0.05, 0) is 44.0 Å². The quantitative estimate of drug-likeness (QED) is 0.504. The van der Waals surface area contributed by atoms with Crippen molar-refractivity contribution in [1.29, 1.82) is 0 Å². The number of sulfonamides is 1. The zero-order chi connectivity index (χ0) is 22.2. The van der Waals surface area contributed by atoms with Crippen LogP contribution >= 0.6 is 23.2 Å². The van der Waals surface area contributed by atoms with Gasteiger partial charge in [0.1, 0.15) is 4.90 Å². The number of rotatable bonds is 7. The molecule has 1 N–H and O–H groups in total. The first kappa shape index (κ1) is 21.7. The van der Waals surface area contributed by atoms with Crippen molar-refractivity contribution in [3.05, 3.63) is 58.2 Å². The van der Waals surface area contributed by atoms with Crippen molar-refractivity contribution < 1.29 is 22.5 Å². The monoisotopic (exact) mass is 482 g/mol. The summed E-state index contributed by atoms with van der Waals surface area (Å²) in [5.41, 5.74) is 0.482. The second-order valence-electron chi connectivity index (χ2n) is 6.90. The minimum atomic E-state index is -3.90. The molecule has 1 aromatic carbocycles. The highest BCUT2D eigenvalue weighted by molar-refractivity contribution is 7.89. The van der Waals surface area contributed by atoms with Crippen LogP contribution in [0.15, 0.2) is 46.1 Å². The third-order valence-electron chi connectivity index (χ3n) is 4.42. The molecule has 0 bridgehead atoms. The Balaban J connectivity index is 1.54. The normalized spacial score (nSPS) is 14.9. The molecule has 2 heterocycles. The third kappa shape index (κ3) is 4.87. The molecule has 4 rings (SSSR count). The zero-order valence-corrected chi connectivity index (χ0v) is 18.4. The van der Waals surface area contributed by atoms with E-state index in [-0.39, 0.29) is 38.3 Å². The molecule has 0 radical (unpaired) electrons. The van der Waals surface area contributed by atoms with Crippen LogP contribution in [0.2, 0.25) is 10.0 Å². The first-order chi connectivity index (χ1) is 14.7. The number of carbonyl (C=O) groups is 1. The van der Waals surface area contributed by atoms with Gasteiger partial charge in [-0.25, -0.2) is 17.9 Å². The highest BCUT2D eigenvalue weighted by Crippen LogP contribution is 2.32. The van der Waals surface area contributed by atoms with E-state index in [1.807, 2.05) is 0 Å². The maximum absolute atomic E-state index is 12.7. The SMILES string of the molecule is CC(OC(=O)c1cc(S(=O)(=O)NC2CC2)c(Cl)cc1Cl)c1nc(-c2cccnc2)no1. The van der Waals surface area contributed by atoms with Gasteiger partial charge in [0.25, 0.3) is 5.89 Å². The van der Waals surface area contributed by atoms with Gasteiger partial charge in [0, 0.05) is 24.0 Å². The lowest BCUT2D eigenvalue weighted by atomic mass is 10.2. The molecule has 1 unspecified atom stereocenters. The van der Waals surface area contributed by atoms with Gasteiger partial charge in [0.15, 0.2) is 6.10 Å². The Morgan fingerprint density at radius 2 is 2.06 bits per heavy atom. The molecular weight excluding hydrogens is 467 g/mol. The number of benzene rings is 1. The van der Waals surface area contributed by atoms with E-state index in [1.54, 1.807) is 24.5 Å². The summed E-state index contributed by atoms with van der Waals surface area (Å²) in [5.74, 6) is -0.520. The van der Waals surface area contributed by atoms with Gasteiger partial charge in [-0.3, -0.25) is 4.98 Å². The van der Waals surface area contributed by atoms with Gasteiger partial charge in [-0.1, -0.05) is 28.4 Å². The molecule has 0 amide bonds. The van der Waals surface area contributed by atoms with Gasteiger partial charge in [-0.2, -0.15) is 4.98 Å². The number of ether oxygens (including phenoxy) is 1. The second-order valence-corrected chi connectivity index (χ2v) is 9.40. The van der Waals surface area contributed by atoms with Gasteiger partial charge in [0.2, 0.25) is 15.8 Å². The summed E-state index contributed by atoms with van der Waals surface area (Å²) in [5, 5.41) is 3.70. The molecule has 0 spiro atoms. The Hall–Kier alpha value is -2.53. The molecule has 3 aromatic rings. The van der Waals surface area contributed by atoms with E-state index in [4.69, 9.17) is 32.5 Å². The highest BCUT2D eigenvalue weighted by Gasteiger charge is 2.31. The smallest absolute Gasteiger partial charge is 0.340 e. The minimum absolute atomic E-state index is 0.0471. The Labute approximate surface area is 187 Å². The Morgan fingerprint density at radius 1 is 1.29 bits per heavy atom. The molecule has 1 fully saturated rings. The largest absolute Gasteiger partial charge is 0.449 e. The van der Waals surface area contributed by atoms with Gasteiger partial charge in [-0.15, -0.1) is 0 Å². The van der Waals surface area contributed by atoms with E-state index >= 15 is 0 Å². The fourth-order valence-electron chi connectivity index (χ4n) is 2.66. The molecule has 1 atom stereocenters. The molecule has 1 aliphatic rings. The van der Waals surface area contributed by atoms with Crippen molar-refractivity contribution in [2.75, 3.05) is 0 Å². The van der Waals surface area contributed by atoms with Crippen LogP contribution in [0.3, 0.4) is 0 Å². The van der Waals surface area contributed by atoms with E-state index < -0.39 is 22.1 Å². The number of hydrogen-bond donors (Lipinski definition) is 1. The number of pyridine rings is 1. The summed E-state index contributed by atoms with van der Waals surface area (Å²) in [6.07, 6.45) is 3.77. The van der Waals surface area contributed by atoms with Crippen molar-refractivity contribution in [2.45, 2.75) is 36.8 Å². The molecule has 2 aromatic heterocycles. The first-order valence-corrected chi connectivity index (χ1v) is 11.4. The lowest BCUT2D eigenvalue weighted by Gasteiger charge is -2.13. The fraction of sp³-hybridized carbons (Fsp3) is 0.263. The van der Waals surface area contributed by atoms with Crippen LogP contribution in [0.25, 0.3) is 11.4 Å². The molecule has 31 heavy (non-hydrogen) atoms. The van der Waals surface area contributed by atoms with Gasteiger partial charge < -0.3 is 9.26 Å². The number of nitrogens with zero attached hydrogens (tertiary/aromatic N) is 3. The highest BCUT2D eigenvalue weighted by atomic mass is 35.5. The van der Waals surface area contributed by atoms with E-state index in [0.717, 1.165) is 18.9 Å². The molecule has 9 nitrogen and oxygen atoms in total. The molecule has 162 valence electrons. The van der Waals surface area contributed by atoms with Crippen LogP contribution in [0.1, 0.15) is 42.1 Å². The first-order valence-electron chi connectivity index (χ1n) is 9.21. The predicted octanol–water partition coefficient (Wildman–Crippen LogP) is 3.80. The molecule has 1 aliphatic carbocycles. The van der Waals surface area contributed by atoms with Crippen LogP contribution in [0.4, 0.5) is 0 Å². The van der Waals surface area contributed by atoms with Crippen LogP contribution in [-0.2, 0) is 14.8 Å². The van der Waals surface area contributed by atoms with Crippen molar-refractivity contribution in [3.8, 4) is 11.4 Å². The number of halogens is 2. The second kappa shape index (κ2) is 8.54. The van der Waals surface area contributed by atoms with E-state index in [9.17, 15) is 13.2 Å². The summed E-state index contributed by atoms with van der Waals surface area (Å²) in [6, 6.07) is 5.64. The van der Waals surface area contributed by atoms with Crippen molar-refractivity contribution in [1.82, 2.24) is 19.8 Å². The Bertz CT molecular complexity index is 1230. The lowest BCUT2D eigenvalue weighted by Crippen LogP contribution is -2.26. The predicted molar refractivity (Wildman–Crippen MR) is 111 cm³/mol. The van der Waals surface area contributed by atoms with E-state index in [2.05, 4.69) is 19.8 Å². The van der Waals surface area contributed by atoms with E-state index in [1.165, 1.54) is 13.0 Å². The maximum atomic E-state index is 12.7. The average Bonchev–Trinajstić information content (AvgIpc) is 3.38. The number of esters is 1. The molecule has 0 saturated heterocycles. The average molecular weight is 483 g/mol. The summed E-state index contributed by atoms with van der Waals surface area (Å²) < 4.78 is 38.1. The number of carbonyl (C=O) groups excluding carboxylic acids is 1. The number of nitrogens with one attached hydrogen (secondary N) is 1. The fourth-order valence-corrected chi connectivity index (χ4v) is 4.82. The van der Waals surface area contributed by atoms with Gasteiger partial charge >= 0.3 is 5.97 Å². The Morgan fingerprint density at radius 3 is 2.74 bits per heavy atom. The van der Waals surface area contributed by atoms with Crippen molar-refractivity contribution in [3.63, 3.8) is 0 Å². The number of hydrogen-bond acceptors (Lipinski definition) is 8. The molecule has 0 aliphatic heterocycles. The molecular formula is C19H16Cl2N4O5S. The van der Waals surface area contributed by atoms with Crippen LogP contribution in [0.5, 0.6) is 0 Å². The summed E-state index contributed by atoms with van der Waals surface area (Å²) >= 11 is 12.2. The number of aromatic nitrogens is 3. The lowest BCUT2D eigenvalue weighted by molar-refractivity contribution is 0.0265. The molecule has 1 saturated carbocycles. The van der Waals surface area contributed by atoms with E-state index in [0.29, 0.717) is 5.56 Å². The maximum Gasteiger partial charge on any atom is 0.340 e. The Kier molecular flexibility index (Phi) is 5.98. The van der Waals surface area contributed by atoms with Crippen LogP contribution in [-0.4, -0.2) is 35.6 Å². The molecule has 12 heteroatoms. The standard InChI is InChI=1S/C19H16Cl2N4O5S/c1-10(18-23-17(24-30-18)11-3-2-6-22-9-11)29-19(26)13-7-16(15(21)8-14(13)20)31(27,28)25-12-4-5-12/h2-3,6-10,12,25H,4-5H2,1H3. The van der Waals surface area contributed by atoms with Crippen LogP contribution < -0.4 is 4.72 Å². The topological polar surface area (TPSA) is 124 Å². The van der Waals surface area contributed by atoms with Crippen molar-refractivity contribution >= 4 is 39.2 Å². The van der Waals surface area contributed by atoms with Gasteiger partial charge in [0.05, 0.1) is 15.6 Å².